The fourth-order valence-electron chi connectivity index (χ4n) is 1.99. The molecule has 0 aromatic heterocycles. The van der Waals surface area contributed by atoms with Gasteiger partial charge < -0.3 is 9.47 Å². The minimum absolute atomic E-state index is 0.0314. The summed E-state index contributed by atoms with van der Waals surface area (Å²) < 4.78 is 11.6. The Kier molecular flexibility index (Phi) is 18.8. The maximum atomic E-state index is 11.3. The van der Waals surface area contributed by atoms with Gasteiger partial charge >= 0.3 is 5.70 Å². The van der Waals surface area contributed by atoms with Crippen molar-refractivity contribution in [2.45, 2.75) is 41.2 Å². The van der Waals surface area contributed by atoms with Crippen molar-refractivity contribution >= 4 is 0 Å². The van der Waals surface area contributed by atoms with E-state index in [1.54, 1.807) is 31.2 Å². The van der Waals surface area contributed by atoms with Gasteiger partial charge in [-0.25, -0.2) is 0 Å². The molecule has 0 heterocycles. The first-order chi connectivity index (χ1) is 15.1. The normalized spacial score (nSPS) is 11.6. The molecule has 1 rings (SSSR count). The molecule has 0 amide bonds. The monoisotopic (exact) mass is 425 g/mol. The number of benzene rings is 1. The van der Waals surface area contributed by atoms with Crippen molar-refractivity contribution in [3.63, 3.8) is 0 Å². The molecule has 0 bridgehead atoms. The van der Waals surface area contributed by atoms with Crippen LogP contribution in [0.4, 0.5) is 0 Å². The summed E-state index contributed by atoms with van der Waals surface area (Å²) >= 11 is 0. The Bertz CT molecular complexity index is 800. The number of nitro groups is 1. The molecule has 0 unspecified atom stereocenters. The third kappa shape index (κ3) is 11.9. The standard InChI is InChI=1S/C22H23NO4.2C2H6/c1-5-9-16-22(27-21(13-6-2)19(7-3)23(24)25)20(8-4)26-17-18-14-11-10-12-15-18;2*1-2/h5-16H,1,3-4,17H2,2H3;2*1-2H3/b13-6-,16-9-,21-19-,22-20-;;. The second kappa shape index (κ2) is 19.7. The molecule has 0 aliphatic rings. The van der Waals surface area contributed by atoms with E-state index in [4.69, 9.17) is 9.47 Å². The second-order valence-electron chi connectivity index (χ2n) is 5.11. The van der Waals surface area contributed by atoms with Crippen LogP contribution in [0.3, 0.4) is 0 Å². The number of ether oxygens (including phenoxy) is 2. The summed E-state index contributed by atoms with van der Waals surface area (Å²) in [6.45, 7) is 20.9. The highest BCUT2D eigenvalue weighted by Crippen LogP contribution is 2.21. The smallest absolute Gasteiger partial charge is 0.310 e. The molecule has 0 aliphatic carbocycles. The lowest BCUT2D eigenvalue weighted by Crippen LogP contribution is -2.04. The first kappa shape index (κ1) is 29.6. The van der Waals surface area contributed by atoms with E-state index in [0.29, 0.717) is 12.4 Å². The molecule has 5 heteroatoms. The molecule has 0 fully saturated rings. The van der Waals surface area contributed by atoms with Crippen molar-refractivity contribution < 1.29 is 14.4 Å². The molecule has 1 aromatic rings. The molecule has 0 N–H and O–H groups in total. The lowest BCUT2D eigenvalue weighted by Gasteiger charge is -2.13. The molecule has 0 atom stereocenters. The van der Waals surface area contributed by atoms with Crippen LogP contribution < -0.4 is 0 Å². The van der Waals surface area contributed by atoms with Crippen molar-refractivity contribution in [2.75, 3.05) is 0 Å². The molecule has 0 saturated carbocycles. The number of nitrogens with zero attached hydrogens (tertiary/aromatic N) is 1. The topological polar surface area (TPSA) is 61.6 Å². The zero-order valence-corrected chi connectivity index (χ0v) is 19.3. The van der Waals surface area contributed by atoms with Gasteiger partial charge in [0, 0.05) is 6.08 Å². The first-order valence-corrected chi connectivity index (χ1v) is 10.2. The van der Waals surface area contributed by atoms with Gasteiger partial charge in [0.25, 0.3) is 0 Å². The molecule has 0 radical (unpaired) electrons. The van der Waals surface area contributed by atoms with Crippen molar-refractivity contribution in [3.8, 4) is 0 Å². The highest BCUT2D eigenvalue weighted by atomic mass is 16.6. The van der Waals surface area contributed by atoms with Gasteiger partial charge in [-0.15, -0.1) is 0 Å². The maximum absolute atomic E-state index is 11.3. The summed E-state index contributed by atoms with van der Waals surface area (Å²) in [5.41, 5.74) is 0.703. The highest BCUT2D eigenvalue weighted by Gasteiger charge is 2.17. The van der Waals surface area contributed by atoms with Crippen molar-refractivity contribution in [1.29, 1.82) is 0 Å². The summed E-state index contributed by atoms with van der Waals surface area (Å²) in [6, 6.07) is 9.58. The van der Waals surface area contributed by atoms with Crippen LogP contribution in [-0.2, 0) is 16.1 Å². The van der Waals surface area contributed by atoms with Gasteiger partial charge in [-0.2, -0.15) is 0 Å². The van der Waals surface area contributed by atoms with E-state index in [9.17, 15) is 10.1 Å². The van der Waals surface area contributed by atoms with Gasteiger partial charge in [0.05, 0.1) is 4.92 Å². The molecule has 31 heavy (non-hydrogen) atoms. The minimum atomic E-state index is -0.560. The molecule has 1 aromatic carbocycles. The van der Waals surface area contributed by atoms with Crippen LogP contribution in [0.25, 0.3) is 0 Å². The fraction of sp³-hybridized carbons (Fsp3) is 0.231. The Hall–Kier alpha value is -3.60. The predicted molar refractivity (Wildman–Crippen MR) is 131 cm³/mol. The molecule has 0 spiro atoms. The number of allylic oxidation sites excluding steroid dienone is 7. The predicted octanol–water partition coefficient (Wildman–Crippen LogP) is 7.66. The van der Waals surface area contributed by atoms with Gasteiger partial charge in [0.1, 0.15) is 6.61 Å². The molecular weight excluding hydrogens is 390 g/mol. The van der Waals surface area contributed by atoms with Crippen LogP contribution in [-0.4, -0.2) is 4.92 Å². The molecule has 0 aliphatic heterocycles. The zero-order valence-electron chi connectivity index (χ0n) is 19.3. The van der Waals surface area contributed by atoms with E-state index < -0.39 is 4.92 Å². The second-order valence-corrected chi connectivity index (χ2v) is 5.11. The molecule has 0 saturated heterocycles. The van der Waals surface area contributed by atoms with Crippen LogP contribution in [0.15, 0.2) is 116 Å². The molecule has 5 nitrogen and oxygen atoms in total. The Labute approximate surface area is 187 Å². The van der Waals surface area contributed by atoms with E-state index in [0.717, 1.165) is 11.6 Å². The van der Waals surface area contributed by atoms with Crippen LogP contribution >= 0.6 is 0 Å². The average Bonchev–Trinajstić information content (AvgIpc) is 2.81. The summed E-state index contributed by atoms with van der Waals surface area (Å²) in [6.07, 6.45) is 10.5. The van der Waals surface area contributed by atoms with Crippen LogP contribution in [0.1, 0.15) is 40.2 Å². The van der Waals surface area contributed by atoms with Crippen LogP contribution in [0, 0.1) is 10.1 Å². The zero-order chi connectivity index (χ0) is 24.1. The Morgan fingerprint density at radius 3 is 2.03 bits per heavy atom. The third-order valence-electron chi connectivity index (χ3n) is 3.23. The summed E-state index contributed by atoms with van der Waals surface area (Å²) in [7, 11) is 0. The SMILES string of the molecule is C=C/C=C\C(OC(/C=C\C)=C(/C=C)[N+](=O)[O-])=C(/C=C)OCc1ccccc1.CC.CC. The molecular formula is C26H35NO4. The first-order valence-electron chi connectivity index (χ1n) is 10.2. The van der Waals surface area contributed by atoms with Gasteiger partial charge in [0.15, 0.2) is 11.5 Å². The Morgan fingerprint density at radius 2 is 1.58 bits per heavy atom. The van der Waals surface area contributed by atoms with Crippen molar-refractivity contribution in [3.05, 3.63) is 131 Å². The lowest BCUT2D eigenvalue weighted by molar-refractivity contribution is -0.421. The van der Waals surface area contributed by atoms with Gasteiger partial charge in [-0.1, -0.05) is 96.0 Å². The summed E-state index contributed by atoms with van der Waals surface area (Å²) in [5.74, 6) is 0.629. The molecule has 168 valence electrons. The number of hydrogen-bond acceptors (Lipinski definition) is 4. The highest BCUT2D eigenvalue weighted by molar-refractivity contribution is 5.31. The van der Waals surface area contributed by atoms with Gasteiger partial charge in [-0.3, -0.25) is 10.1 Å². The van der Waals surface area contributed by atoms with E-state index in [1.165, 1.54) is 12.2 Å². The van der Waals surface area contributed by atoms with Crippen molar-refractivity contribution in [2.24, 2.45) is 0 Å². The minimum Gasteiger partial charge on any atom is -0.485 e. The third-order valence-corrected chi connectivity index (χ3v) is 3.23. The quantitative estimate of drug-likeness (QED) is 0.158. The van der Waals surface area contributed by atoms with Crippen LogP contribution in [0.5, 0.6) is 0 Å². The van der Waals surface area contributed by atoms with E-state index in [2.05, 4.69) is 19.7 Å². The summed E-state index contributed by atoms with van der Waals surface area (Å²) in [4.78, 5) is 10.7. The number of hydrogen-bond donors (Lipinski definition) is 0. The largest absolute Gasteiger partial charge is 0.485 e. The van der Waals surface area contributed by atoms with E-state index in [1.807, 2.05) is 58.0 Å². The van der Waals surface area contributed by atoms with Crippen molar-refractivity contribution in [1.82, 2.24) is 0 Å². The Balaban J connectivity index is 0. The van der Waals surface area contributed by atoms with Crippen LogP contribution in [0.2, 0.25) is 0 Å². The lowest BCUT2D eigenvalue weighted by atomic mass is 10.2. The number of rotatable bonds is 11. The fourth-order valence-corrected chi connectivity index (χ4v) is 1.99. The average molecular weight is 426 g/mol. The van der Waals surface area contributed by atoms with E-state index in [-0.39, 0.29) is 17.2 Å². The summed E-state index contributed by atoms with van der Waals surface area (Å²) in [5, 5.41) is 11.3. The Morgan fingerprint density at radius 1 is 0.968 bits per heavy atom. The van der Waals surface area contributed by atoms with E-state index >= 15 is 0 Å². The van der Waals surface area contributed by atoms with Gasteiger partial charge in [-0.05, 0) is 30.7 Å². The maximum Gasteiger partial charge on any atom is 0.310 e. The van der Waals surface area contributed by atoms with Gasteiger partial charge in [0.2, 0.25) is 5.76 Å².